The molecule has 0 radical (unpaired) electrons. The van der Waals surface area contributed by atoms with Gasteiger partial charge in [0.05, 0.1) is 0 Å². The summed E-state index contributed by atoms with van der Waals surface area (Å²) in [4.78, 5) is 38.4. The largest absolute Gasteiger partial charge is 0.326 e. The van der Waals surface area contributed by atoms with E-state index < -0.39 is 5.41 Å². The van der Waals surface area contributed by atoms with Crippen LogP contribution in [0.2, 0.25) is 0 Å². The van der Waals surface area contributed by atoms with Crippen molar-refractivity contribution >= 4 is 29.0 Å². The fourth-order valence-electron chi connectivity index (χ4n) is 3.24. The van der Waals surface area contributed by atoms with Crippen LogP contribution in [0, 0.1) is 5.41 Å². The molecule has 1 aliphatic heterocycles. The Morgan fingerprint density at radius 2 is 2.00 bits per heavy atom. The zero-order chi connectivity index (χ0) is 17.5. The molecule has 1 fully saturated rings. The number of amides is 2. The molecule has 0 unspecified atom stereocenters. The molecule has 5 nitrogen and oxygen atoms in total. The number of anilines is 1. The highest BCUT2D eigenvalue weighted by molar-refractivity contribution is 6.10. The van der Waals surface area contributed by atoms with Gasteiger partial charge in [-0.15, -0.1) is 0 Å². The fourth-order valence-corrected chi connectivity index (χ4v) is 3.24. The predicted octanol–water partition coefficient (Wildman–Crippen LogP) is 3.22. The van der Waals surface area contributed by atoms with Gasteiger partial charge in [-0.1, -0.05) is 6.92 Å². The Balaban J connectivity index is 2.09. The topological polar surface area (TPSA) is 66.5 Å². The molecule has 1 N–H and O–H groups in total. The molecule has 1 saturated heterocycles. The molecule has 2 aliphatic rings. The number of allylic oxidation sites excluding steroid dienone is 1. The number of nitrogens with zero attached hydrogens (tertiary/aromatic N) is 1. The number of fused-ring (bicyclic) bond motifs is 1. The van der Waals surface area contributed by atoms with Gasteiger partial charge >= 0.3 is 0 Å². The minimum absolute atomic E-state index is 0.0289. The van der Waals surface area contributed by atoms with Crippen LogP contribution in [-0.2, 0) is 9.59 Å². The van der Waals surface area contributed by atoms with Crippen molar-refractivity contribution in [1.29, 1.82) is 0 Å². The fraction of sp³-hybridized carbons (Fsp3) is 0.421. The molecule has 1 aliphatic carbocycles. The maximum absolute atomic E-state index is 12.7. The summed E-state index contributed by atoms with van der Waals surface area (Å²) in [6.45, 7) is 6.19. The third-order valence-electron chi connectivity index (χ3n) is 4.59. The molecule has 5 heteroatoms. The van der Waals surface area contributed by atoms with Crippen molar-refractivity contribution in [2.45, 2.75) is 40.0 Å². The number of Topliss-reactive ketones (excluding diaryl/α,β-unsaturated/α-hetero) is 1. The molecule has 0 bridgehead atoms. The lowest BCUT2D eigenvalue weighted by molar-refractivity contribution is -0.125. The summed E-state index contributed by atoms with van der Waals surface area (Å²) >= 11 is 0. The zero-order valence-corrected chi connectivity index (χ0v) is 14.3. The van der Waals surface area contributed by atoms with E-state index >= 15 is 0 Å². The Hall–Kier alpha value is -2.43. The van der Waals surface area contributed by atoms with E-state index in [0.29, 0.717) is 30.6 Å². The van der Waals surface area contributed by atoms with Crippen molar-refractivity contribution in [2.75, 3.05) is 11.9 Å². The number of likely N-dealkylation sites (tertiary alicyclic amines) is 1. The van der Waals surface area contributed by atoms with Gasteiger partial charge in [-0.3, -0.25) is 14.4 Å². The van der Waals surface area contributed by atoms with E-state index in [1.165, 1.54) is 0 Å². The van der Waals surface area contributed by atoms with Crippen molar-refractivity contribution in [3.63, 3.8) is 0 Å². The molecule has 0 saturated carbocycles. The summed E-state index contributed by atoms with van der Waals surface area (Å²) in [5, 5.41) is 2.82. The Morgan fingerprint density at radius 1 is 1.25 bits per heavy atom. The van der Waals surface area contributed by atoms with Crippen LogP contribution < -0.4 is 5.32 Å². The maximum atomic E-state index is 12.7. The summed E-state index contributed by atoms with van der Waals surface area (Å²) in [6.07, 6.45) is 3.63. The van der Waals surface area contributed by atoms with E-state index in [1.807, 2.05) is 19.9 Å². The number of nitrogens with one attached hydrogen (secondary N) is 1. The van der Waals surface area contributed by atoms with E-state index in [9.17, 15) is 14.4 Å². The van der Waals surface area contributed by atoms with E-state index in [2.05, 4.69) is 5.32 Å². The van der Waals surface area contributed by atoms with Crippen molar-refractivity contribution in [1.82, 2.24) is 4.90 Å². The van der Waals surface area contributed by atoms with Crippen molar-refractivity contribution in [3.8, 4) is 0 Å². The second kappa shape index (κ2) is 5.89. The average Bonchev–Trinajstić information content (AvgIpc) is 2.97. The van der Waals surface area contributed by atoms with Gasteiger partial charge in [0.25, 0.3) is 0 Å². The quantitative estimate of drug-likeness (QED) is 0.927. The van der Waals surface area contributed by atoms with Crippen LogP contribution in [-0.4, -0.2) is 29.0 Å². The summed E-state index contributed by atoms with van der Waals surface area (Å²) in [7, 11) is 0. The standard InChI is InChI=1S/C19H22N2O3/c1-4-16(22)20-12-7-8-13-14(10-12)15(11-19(2,3)18(13)24)21-9-5-6-17(21)23/h7-8,10-11H,4-6,9H2,1-3H3,(H,20,22). The molecule has 0 aromatic heterocycles. The van der Waals surface area contributed by atoms with Gasteiger partial charge in [0.2, 0.25) is 11.8 Å². The first-order valence-corrected chi connectivity index (χ1v) is 8.36. The monoisotopic (exact) mass is 326 g/mol. The highest BCUT2D eigenvalue weighted by atomic mass is 16.2. The zero-order valence-electron chi connectivity index (χ0n) is 14.3. The minimum atomic E-state index is -0.653. The Labute approximate surface area is 141 Å². The van der Waals surface area contributed by atoms with Gasteiger partial charge in [0, 0.05) is 47.3 Å². The molecule has 2 amide bonds. The Bertz CT molecular complexity index is 762. The molecule has 1 aromatic carbocycles. The minimum Gasteiger partial charge on any atom is -0.326 e. The molecule has 126 valence electrons. The number of ketones is 1. The predicted molar refractivity (Wildman–Crippen MR) is 92.4 cm³/mol. The second-order valence-corrected chi connectivity index (χ2v) is 6.89. The van der Waals surface area contributed by atoms with Crippen LogP contribution in [0.25, 0.3) is 5.70 Å². The maximum Gasteiger partial charge on any atom is 0.227 e. The summed E-state index contributed by atoms with van der Waals surface area (Å²) in [6, 6.07) is 5.29. The summed E-state index contributed by atoms with van der Waals surface area (Å²) in [5.41, 5.74) is 2.10. The third kappa shape index (κ3) is 2.75. The van der Waals surface area contributed by atoms with Gasteiger partial charge in [-0.05, 0) is 44.5 Å². The van der Waals surface area contributed by atoms with Crippen LogP contribution >= 0.6 is 0 Å². The number of hydrogen-bond donors (Lipinski definition) is 1. The number of carbonyl (C=O) groups excluding carboxylic acids is 3. The first kappa shape index (κ1) is 16.4. The first-order valence-electron chi connectivity index (χ1n) is 8.36. The van der Waals surface area contributed by atoms with E-state index in [1.54, 1.807) is 30.0 Å². The highest BCUT2D eigenvalue weighted by Crippen LogP contribution is 2.40. The van der Waals surface area contributed by atoms with E-state index in [0.717, 1.165) is 17.7 Å². The SMILES string of the molecule is CCC(=O)Nc1ccc2c(c1)C(N1CCCC1=O)=CC(C)(C)C2=O. The van der Waals surface area contributed by atoms with Gasteiger partial charge < -0.3 is 10.2 Å². The normalized spacial score (nSPS) is 19.1. The molecule has 0 spiro atoms. The second-order valence-electron chi connectivity index (χ2n) is 6.89. The number of carbonyl (C=O) groups is 3. The van der Waals surface area contributed by atoms with E-state index in [4.69, 9.17) is 0 Å². The van der Waals surface area contributed by atoms with Gasteiger partial charge in [-0.2, -0.15) is 0 Å². The van der Waals surface area contributed by atoms with Crippen LogP contribution in [0.15, 0.2) is 24.3 Å². The number of hydrogen-bond acceptors (Lipinski definition) is 3. The van der Waals surface area contributed by atoms with Gasteiger partial charge in [0.15, 0.2) is 5.78 Å². The summed E-state index contributed by atoms with van der Waals surface area (Å²) in [5.74, 6) is 0.0294. The van der Waals surface area contributed by atoms with Crippen LogP contribution in [0.1, 0.15) is 56.0 Å². The van der Waals surface area contributed by atoms with Gasteiger partial charge in [0.1, 0.15) is 0 Å². The number of benzene rings is 1. The molecular formula is C19H22N2O3. The lowest BCUT2D eigenvalue weighted by atomic mass is 9.76. The smallest absolute Gasteiger partial charge is 0.227 e. The van der Waals surface area contributed by atoms with Crippen LogP contribution in [0.3, 0.4) is 0 Å². The summed E-state index contributed by atoms with van der Waals surface area (Å²) < 4.78 is 0. The van der Waals surface area contributed by atoms with Gasteiger partial charge in [-0.25, -0.2) is 0 Å². The van der Waals surface area contributed by atoms with E-state index in [-0.39, 0.29) is 17.6 Å². The molecule has 24 heavy (non-hydrogen) atoms. The number of rotatable bonds is 3. The molecule has 0 atom stereocenters. The molecule has 3 rings (SSSR count). The Kier molecular flexibility index (Phi) is 4.03. The third-order valence-corrected chi connectivity index (χ3v) is 4.59. The molecule has 1 aromatic rings. The Morgan fingerprint density at radius 3 is 2.62 bits per heavy atom. The van der Waals surface area contributed by atoms with Crippen LogP contribution in [0.4, 0.5) is 5.69 Å². The van der Waals surface area contributed by atoms with Crippen molar-refractivity contribution < 1.29 is 14.4 Å². The lowest BCUT2D eigenvalue weighted by Crippen LogP contribution is -2.33. The van der Waals surface area contributed by atoms with Crippen LogP contribution in [0.5, 0.6) is 0 Å². The highest BCUT2D eigenvalue weighted by Gasteiger charge is 2.37. The lowest BCUT2D eigenvalue weighted by Gasteiger charge is -2.32. The molecule has 1 heterocycles. The first-order chi connectivity index (χ1) is 11.3. The van der Waals surface area contributed by atoms with Crippen molar-refractivity contribution in [2.24, 2.45) is 5.41 Å². The van der Waals surface area contributed by atoms with Crippen molar-refractivity contribution in [3.05, 3.63) is 35.4 Å². The molecular weight excluding hydrogens is 304 g/mol. The average molecular weight is 326 g/mol.